The standard InChI is InChI=1S/C17H23FN2O3/c1-12-11-20(16(22)23,17(2,3)4)10-9-19(12)15(21)13-7-5-6-8-14(13)18/h5-8,12H,9-11H2,1-4H3/p+1/t12-,20?/m0/s1. The minimum absolute atomic E-state index is 0.0328. The Morgan fingerprint density at radius 1 is 1.30 bits per heavy atom. The molecule has 1 fully saturated rings. The van der Waals surface area contributed by atoms with Crippen molar-refractivity contribution in [3.63, 3.8) is 0 Å². The Kier molecular flexibility index (Phi) is 4.48. The van der Waals surface area contributed by atoms with E-state index in [-0.39, 0.29) is 28.5 Å². The monoisotopic (exact) mass is 323 g/mol. The van der Waals surface area contributed by atoms with E-state index in [1.807, 2.05) is 27.7 Å². The average Bonchev–Trinajstić information content (AvgIpc) is 2.45. The van der Waals surface area contributed by atoms with Crippen LogP contribution in [0.15, 0.2) is 24.3 Å². The van der Waals surface area contributed by atoms with Gasteiger partial charge < -0.3 is 10.0 Å². The van der Waals surface area contributed by atoms with Gasteiger partial charge in [0, 0.05) is 0 Å². The molecule has 126 valence electrons. The van der Waals surface area contributed by atoms with Crippen LogP contribution in [0.25, 0.3) is 0 Å². The molecule has 0 spiro atoms. The van der Waals surface area contributed by atoms with Crippen LogP contribution in [0.4, 0.5) is 9.18 Å². The summed E-state index contributed by atoms with van der Waals surface area (Å²) in [6.07, 6.45) is -0.887. The average molecular weight is 323 g/mol. The summed E-state index contributed by atoms with van der Waals surface area (Å²) in [6.45, 7) is 8.40. The lowest BCUT2D eigenvalue weighted by molar-refractivity contribution is -0.909. The number of quaternary nitrogens is 1. The van der Waals surface area contributed by atoms with E-state index in [4.69, 9.17) is 0 Å². The van der Waals surface area contributed by atoms with Crippen molar-refractivity contribution in [1.29, 1.82) is 0 Å². The minimum atomic E-state index is -0.887. The molecule has 1 aliphatic heterocycles. The molecule has 23 heavy (non-hydrogen) atoms. The van der Waals surface area contributed by atoms with Crippen LogP contribution in [0.5, 0.6) is 0 Å². The van der Waals surface area contributed by atoms with E-state index in [0.717, 1.165) is 0 Å². The molecule has 1 aromatic carbocycles. The van der Waals surface area contributed by atoms with Crippen molar-refractivity contribution in [2.75, 3.05) is 19.6 Å². The zero-order chi connectivity index (χ0) is 17.4. The normalized spacial score (nSPS) is 25.3. The molecule has 2 amide bonds. The van der Waals surface area contributed by atoms with Crippen LogP contribution in [0.1, 0.15) is 38.1 Å². The molecule has 2 atom stereocenters. The van der Waals surface area contributed by atoms with Gasteiger partial charge in [-0.25, -0.2) is 8.87 Å². The second kappa shape index (κ2) is 5.92. The van der Waals surface area contributed by atoms with Crippen molar-refractivity contribution < 1.29 is 23.6 Å². The highest BCUT2D eigenvalue weighted by Crippen LogP contribution is 2.30. The van der Waals surface area contributed by atoms with Gasteiger partial charge in [0.25, 0.3) is 5.91 Å². The van der Waals surface area contributed by atoms with Gasteiger partial charge in [0.2, 0.25) is 0 Å². The molecule has 1 saturated heterocycles. The van der Waals surface area contributed by atoms with Gasteiger partial charge >= 0.3 is 6.09 Å². The highest BCUT2D eigenvalue weighted by Gasteiger charge is 2.52. The summed E-state index contributed by atoms with van der Waals surface area (Å²) >= 11 is 0. The number of hydrogen-bond acceptors (Lipinski definition) is 2. The van der Waals surface area contributed by atoms with Crippen LogP contribution in [0.2, 0.25) is 0 Å². The third-order valence-electron chi connectivity index (χ3n) is 4.85. The van der Waals surface area contributed by atoms with E-state index < -0.39 is 17.4 Å². The number of amides is 2. The van der Waals surface area contributed by atoms with Crippen LogP contribution in [-0.4, -0.2) is 57.7 Å². The van der Waals surface area contributed by atoms with E-state index in [1.54, 1.807) is 11.0 Å². The van der Waals surface area contributed by atoms with E-state index in [9.17, 15) is 19.1 Å². The summed E-state index contributed by atoms with van der Waals surface area (Å²) in [7, 11) is 0. The van der Waals surface area contributed by atoms with E-state index in [1.165, 1.54) is 18.2 Å². The number of carboxylic acid groups (broad SMARTS) is 1. The first-order valence-corrected chi connectivity index (χ1v) is 7.76. The van der Waals surface area contributed by atoms with Gasteiger partial charge in [0.15, 0.2) is 0 Å². The molecular formula is C17H24FN2O3+. The predicted octanol–water partition coefficient (Wildman–Crippen LogP) is 2.96. The molecule has 6 heteroatoms. The molecule has 0 aliphatic carbocycles. The van der Waals surface area contributed by atoms with E-state index in [0.29, 0.717) is 13.1 Å². The summed E-state index contributed by atoms with van der Waals surface area (Å²) in [5.74, 6) is -0.933. The molecule has 0 radical (unpaired) electrons. The number of hydrogen-bond donors (Lipinski definition) is 1. The van der Waals surface area contributed by atoms with Gasteiger partial charge in [-0.15, -0.1) is 0 Å². The lowest BCUT2D eigenvalue weighted by Gasteiger charge is -2.50. The van der Waals surface area contributed by atoms with E-state index >= 15 is 0 Å². The molecule has 1 heterocycles. The smallest absolute Gasteiger partial charge is 0.435 e. The fourth-order valence-corrected chi connectivity index (χ4v) is 3.30. The van der Waals surface area contributed by atoms with Gasteiger partial charge in [-0.1, -0.05) is 12.1 Å². The number of halogens is 1. The Balaban J connectivity index is 2.27. The molecule has 1 aliphatic rings. The third-order valence-corrected chi connectivity index (χ3v) is 4.85. The number of piperazine rings is 1. The zero-order valence-corrected chi connectivity index (χ0v) is 14.0. The highest BCUT2D eigenvalue weighted by atomic mass is 19.1. The Labute approximate surface area is 135 Å². The van der Waals surface area contributed by atoms with Crippen LogP contribution in [0.3, 0.4) is 0 Å². The van der Waals surface area contributed by atoms with Crippen LogP contribution >= 0.6 is 0 Å². The lowest BCUT2D eigenvalue weighted by atomic mass is 9.97. The minimum Gasteiger partial charge on any atom is -0.435 e. The summed E-state index contributed by atoms with van der Waals surface area (Å²) in [5, 5.41) is 9.74. The van der Waals surface area contributed by atoms with Gasteiger partial charge in [-0.05, 0) is 39.8 Å². The molecule has 0 saturated carbocycles. The molecule has 0 aromatic heterocycles. The van der Waals surface area contributed by atoms with Crippen molar-refractivity contribution in [3.05, 3.63) is 35.6 Å². The Morgan fingerprint density at radius 2 is 1.91 bits per heavy atom. The second-order valence-corrected chi connectivity index (χ2v) is 7.15. The maximum absolute atomic E-state index is 13.8. The lowest BCUT2D eigenvalue weighted by Crippen LogP contribution is -2.72. The fraction of sp³-hybridized carbons (Fsp3) is 0.529. The second-order valence-electron chi connectivity index (χ2n) is 7.15. The number of nitrogens with zero attached hydrogens (tertiary/aromatic N) is 2. The van der Waals surface area contributed by atoms with Gasteiger partial charge in [0.1, 0.15) is 24.4 Å². The maximum atomic E-state index is 13.8. The largest absolute Gasteiger partial charge is 0.514 e. The first-order valence-electron chi connectivity index (χ1n) is 7.76. The first-order chi connectivity index (χ1) is 10.6. The fourth-order valence-electron chi connectivity index (χ4n) is 3.30. The van der Waals surface area contributed by atoms with Crippen molar-refractivity contribution in [2.24, 2.45) is 0 Å². The highest BCUT2D eigenvalue weighted by molar-refractivity contribution is 5.94. The van der Waals surface area contributed by atoms with Crippen molar-refractivity contribution in [2.45, 2.75) is 39.3 Å². The van der Waals surface area contributed by atoms with Crippen LogP contribution in [-0.2, 0) is 0 Å². The zero-order valence-electron chi connectivity index (χ0n) is 14.0. The number of carbonyl (C=O) groups is 2. The SMILES string of the molecule is C[C@H]1C[N+](C(=O)O)(C(C)(C)C)CCN1C(=O)c1ccccc1F. The quantitative estimate of drug-likeness (QED) is 0.808. The molecule has 0 bridgehead atoms. The molecule has 2 rings (SSSR count). The van der Waals surface area contributed by atoms with Gasteiger partial charge in [-0.3, -0.25) is 4.79 Å². The Hall–Kier alpha value is -1.95. The van der Waals surface area contributed by atoms with Crippen LogP contribution < -0.4 is 0 Å². The van der Waals surface area contributed by atoms with Gasteiger partial charge in [-0.2, -0.15) is 4.79 Å². The summed E-state index contributed by atoms with van der Waals surface area (Å²) < 4.78 is 13.7. The topological polar surface area (TPSA) is 57.6 Å². The van der Waals surface area contributed by atoms with Crippen LogP contribution in [0, 0.1) is 5.82 Å². The molecule has 1 N–H and O–H groups in total. The Morgan fingerprint density at radius 3 is 2.39 bits per heavy atom. The van der Waals surface area contributed by atoms with Gasteiger partial charge in [0.05, 0.1) is 18.2 Å². The van der Waals surface area contributed by atoms with Crippen molar-refractivity contribution in [3.8, 4) is 0 Å². The first kappa shape index (κ1) is 17.4. The van der Waals surface area contributed by atoms with E-state index in [2.05, 4.69) is 0 Å². The summed E-state index contributed by atoms with van der Waals surface area (Å²) in [4.78, 5) is 26.0. The number of carbonyl (C=O) groups excluding carboxylic acids is 1. The molecule has 5 nitrogen and oxygen atoms in total. The van der Waals surface area contributed by atoms with Crippen molar-refractivity contribution in [1.82, 2.24) is 4.90 Å². The summed E-state index contributed by atoms with van der Waals surface area (Å²) in [6, 6.07) is 5.60. The summed E-state index contributed by atoms with van der Waals surface area (Å²) in [5.41, 5.74) is -0.446. The molecule has 1 unspecified atom stereocenters. The number of benzene rings is 1. The molecule has 1 aromatic rings. The number of rotatable bonds is 1. The molecular weight excluding hydrogens is 299 g/mol. The maximum Gasteiger partial charge on any atom is 0.514 e. The predicted molar refractivity (Wildman–Crippen MR) is 84.7 cm³/mol. The third kappa shape index (κ3) is 2.95. The Bertz CT molecular complexity index is 627. The van der Waals surface area contributed by atoms with Crippen molar-refractivity contribution >= 4 is 12.0 Å².